The molecule has 2 rings (SSSR count). The van der Waals surface area contributed by atoms with Crippen LogP contribution in [0.1, 0.15) is 43.0 Å². The summed E-state index contributed by atoms with van der Waals surface area (Å²) in [5, 5.41) is 0. The van der Waals surface area contributed by atoms with Gasteiger partial charge >= 0.3 is 0 Å². The molecule has 0 heteroatoms. The molecule has 0 aliphatic carbocycles. The Kier molecular flexibility index (Phi) is 4.24. The van der Waals surface area contributed by atoms with Crippen molar-refractivity contribution in [3.8, 4) is 0 Å². The van der Waals surface area contributed by atoms with E-state index < -0.39 is 0 Å². The summed E-state index contributed by atoms with van der Waals surface area (Å²) in [6.45, 7) is 10.6. The van der Waals surface area contributed by atoms with Crippen LogP contribution in [0, 0.1) is 0 Å². The largest absolute Gasteiger partial charge is 0.0984 e. The summed E-state index contributed by atoms with van der Waals surface area (Å²) >= 11 is 0. The van der Waals surface area contributed by atoms with Gasteiger partial charge in [0.25, 0.3) is 0 Å². The first-order chi connectivity index (χ1) is 9.50. The summed E-state index contributed by atoms with van der Waals surface area (Å²) in [6.07, 6.45) is 6.22. The Morgan fingerprint density at radius 3 is 2.15 bits per heavy atom. The zero-order valence-corrected chi connectivity index (χ0v) is 12.6. The fraction of sp³-hybridized carbons (Fsp3) is 0.200. The average Bonchev–Trinajstić information content (AvgIpc) is 2.45. The third-order valence-corrected chi connectivity index (χ3v) is 3.43. The molecule has 0 radical (unpaired) electrons. The molecule has 0 aromatic heterocycles. The van der Waals surface area contributed by atoms with Crippen LogP contribution in [0.2, 0.25) is 0 Å². The second-order valence-electron chi connectivity index (χ2n) is 6.04. The molecule has 0 nitrogen and oxygen atoms in total. The second-order valence-corrected chi connectivity index (χ2v) is 6.04. The lowest BCUT2D eigenvalue weighted by molar-refractivity contribution is 0.590. The van der Waals surface area contributed by atoms with Crippen molar-refractivity contribution in [1.82, 2.24) is 0 Å². The van der Waals surface area contributed by atoms with Crippen LogP contribution in [-0.2, 0) is 5.41 Å². The minimum Gasteiger partial charge on any atom is -0.0984 e. The van der Waals surface area contributed by atoms with Gasteiger partial charge in [0.15, 0.2) is 0 Å². The van der Waals surface area contributed by atoms with E-state index in [1.54, 1.807) is 0 Å². The summed E-state index contributed by atoms with van der Waals surface area (Å²) in [7, 11) is 0. The lowest BCUT2D eigenvalue weighted by atomic mass is 9.85. The highest BCUT2D eigenvalue weighted by Crippen LogP contribution is 2.26. The smallest absolute Gasteiger partial charge is 0.0132 e. The Morgan fingerprint density at radius 1 is 0.850 bits per heavy atom. The molecule has 0 amide bonds. The van der Waals surface area contributed by atoms with E-state index in [0.29, 0.717) is 0 Å². The number of hydrogen-bond donors (Lipinski definition) is 0. The molecule has 0 atom stereocenters. The van der Waals surface area contributed by atoms with E-state index in [2.05, 4.69) is 82.0 Å². The van der Waals surface area contributed by atoms with Gasteiger partial charge in [-0.05, 0) is 27.7 Å². The molecular weight excluding hydrogens is 240 g/mol. The standard InChI is InChI=1S/C20H22/c1-5-17-15-19(20(2,3)4)14-13-18(17)12-11-16-9-7-6-8-10-16/h5-15H,1H2,2-4H3/b12-11+. The molecule has 102 valence electrons. The molecule has 0 saturated heterocycles. The third-order valence-electron chi connectivity index (χ3n) is 3.43. The Hall–Kier alpha value is -2.08. The normalized spacial score (nSPS) is 11.8. The van der Waals surface area contributed by atoms with Crippen LogP contribution in [0.3, 0.4) is 0 Å². The van der Waals surface area contributed by atoms with Gasteiger partial charge in [-0.25, -0.2) is 0 Å². The first kappa shape index (κ1) is 14.3. The van der Waals surface area contributed by atoms with E-state index in [0.717, 1.165) is 0 Å². The molecule has 0 spiro atoms. The minimum absolute atomic E-state index is 0.166. The molecule has 0 N–H and O–H groups in total. The van der Waals surface area contributed by atoms with E-state index in [9.17, 15) is 0 Å². The Balaban J connectivity index is 2.33. The highest BCUT2D eigenvalue weighted by molar-refractivity contribution is 5.75. The highest BCUT2D eigenvalue weighted by Gasteiger charge is 2.14. The fourth-order valence-corrected chi connectivity index (χ4v) is 2.12. The predicted molar refractivity (Wildman–Crippen MR) is 90.6 cm³/mol. The van der Waals surface area contributed by atoms with E-state index >= 15 is 0 Å². The summed E-state index contributed by atoms with van der Waals surface area (Å²) in [4.78, 5) is 0. The zero-order chi connectivity index (χ0) is 14.6. The molecule has 0 aliphatic rings. The number of rotatable bonds is 3. The first-order valence-electron chi connectivity index (χ1n) is 7.01. The van der Waals surface area contributed by atoms with Gasteiger partial charge in [0, 0.05) is 0 Å². The van der Waals surface area contributed by atoms with Crippen LogP contribution in [-0.4, -0.2) is 0 Å². The third kappa shape index (κ3) is 3.48. The zero-order valence-electron chi connectivity index (χ0n) is 12.6. The fourth-order valence-electron chi connectivity index (χ4n) is 2.12. The quantitative estimate of drug-likeness (QED) is 0.613. The maximum Gasteiger partial charge on any atom is -0.0132 e. The summed E-state index contributed by atoms with van der Waals surface area (Å²) in [5.74, 6) is 0. The minimum atomic E-state index is 0.166. The van der Waals surface area contributed by atoms with Crippen LogP contribution in [0.25, 0.3) is 18.2 Å². The van der Waals surface area contributed by atoms with E-state index in [1.165, 1.54) is 22.3 Å². The Labute approximate surface area is 122 Å². The first-order valence-corrected chi connectivity index (χ1v) is 7.01. The Morgan fingerprint density at radius 2 is 1.55 bits per heavy atom. The average molecular weight is 262 g/mol. The molecule has 2 aromatic rings. The lowest BCUT2D eigenvalue weighted by Crippen LogP contribution is -2.11. The van der Waals surface area contributed by atoms with Crippen molar-refractivity contribution in [2.45, 2.75) is 26.2 Å². The van der Waals surface area contributed by atoms with Crippen molar-refractivity contribution in [2.75, 3.05) is 0 Å². The van der Waals surface area contributed by atoms with Crippen LogP contribution in [0.5, 0.6) is 0 Å². The van der Waals surface area contributed by atoms with Gasteiger partial charge in [-0.1, -0.05) is 94.1 Å². The lowest BCUT2D eigenvalue weighted by Gasteiger charge is -2.20. The van der Waals surface area contributed by atoms with E-state index in [-0.39, 0.29) is 5.41 Å². The van der Waals surface area contributed by atoms with Crippen molar-refractivity contribution in [2.24, 2.45) is 0 Å². The topological polar surface area (TPSA) is 0 Å². The summed E-state index contributed by atoms with van der Waals surface area (Å²) in [6, 6.07) is 17.0. The second kappa shape index (κ2) is 5.92. The van der Waals surface area contributed by atoms with Crippen LogP contribution < -0.4 is 0 Å². The SMILES string of the molecule is C=Cc1cc(C(C)(C)C)ccc1/C=C/c1ccccc1. The van der Waals surface area contributed by atoms with Crippen LogP contribution >= 0.6 is 0 Å². The van der Waals surface area contributed by atoms with Gasteiger partial charge in [-0.15, -0.1) is 0 Å². The van der Waals surface area contributed by atoms with Gasteiger partial charge in [0.2, 0.25) is 0 Å². The van der Waals surface area contributed by atoms with Gasteiger partial charge in [-0.3, -0.25) is 0 Å². The molecule has 20 heavy (non-hydrogen) atoms. The molecule has 0 bridgehead atoms. The number of benzene rings is 2. The van der Waals surface area contributed by atoms with E-state index in [1.807, 2.05) is 12.1 Å². The van der Waals surface area contributed by atoms with Crippen LogP contribution in [0.4, 0.5) is 0 Å². The summed E-state index contributed by atoms with van der Waals surface area (Å²) in [5.41, 5.74) is 5.10. The van der Waals surface area contributed by atoms with Crippen molar-refractivity contribution in [3.05, 3.63) is 77.4 Å². The molecule has 0 aliphatic heterocycles. The maximum atomic E-state index is 3.94. The van der Waals surface area contributed by atoms with Crippen LogP contribution in [0.15, 0.2) is 55.1 Å². The van der Waals surface area contributed by atoms with E-state index in [4.69, 9.17) is 0 Å². The van der Waals surface area contributed by atoms with Gasteiger partial charge in [0.05, 0.1) is 0 Å². The molecule has 0 saturated carbocycles. The molecular formula is C20H22. The van der Waals surface area contributed by atoms with Gasteiger partial charge in [0.1, 0.15) is 0 Å². The molecule has 0 unspecified atom stereocenters. The molecule has 0 heterocycles. The summed E-state index contributed by atoms with van der Waals surface area (Å²) < 4.78 is 0. The highest BCUT2D eigenvalue weighted by atomic mass is 14.2. The van der Waals surface area contributed by atoms with Crippen molar-refractivity contribution in [3.63, 3.8) is 0 Å². The van der Waals surface area contributed by atoms with Gasteiger partial charge in [-0.2, -0.15) is 0 Å². The number of hydrogen-bond acceptors (Lipinski definition) is 0. The predicted octanol–water partition coefficient (Wildman–Crippen LogP) is 5.80. The van der Waals surface area contributed by atoms with Crippen molar-refractivity contribution < 1.29 is 0 Å². The van der Waals surface area contributed by atoms with Crippen molar-refractivity contribution >= 4 is 18.2 Å². The van der Waals surface area contributed by atoms with Gasteiger partial charge < -0.3 is 0 Å². The Bertz CT molecular complexity index is 610. The maximum absolute atomic E-state index is 3.94. The molecule has 2 aromatic carbocycles. The molecule has 0 fully saturated rings. The van der Waals surface area contributed by atoms with Crippen molar-refractivity contribution in [1.29, 1.82) is 0 Å². The monoisotopic (exact) mass is 262 g/mol.